The Labute approximate surface area is 114 Å². The van der Waals surface area contributed by atoms with Crippen molar-refractivity contribution in [3.8, 4) is 0 Å². The maximum Gasteiger partial charge on any atom is 0.293 e. The summed E-state index contributed by atoms with van der Waals surface area (Å²) >= 11 is 0. The molecule has 1 aromatic carbocycles. The van der Waals surface area contributed by atoms with E-state index in [0.717, 1.165) is 0 Å². The van der Waals surface area contributed by atoms with E-state index in [2.05, 4.69) is 15.0 Å². The first kappa shape index (κ1) is 13.8. The minimum Gasteiger partial charge on any atom is -0.462 e. The molecule has 20 heavy (non-hydrogen) atoms. The van der Waals surface area contributed by atoms with E-state index in [4.69, 9.17) is 10.3 Å². The molecule has 0 spiro atoms. The Morgan fingerprint density at radius 1 is 1.50 bits per heavy atom. The molecule has 1 aromatic heterocycles. The third kappa shape index (κ3) is 2.54. The zero-order valence-corrected chi connectivity index (χ0v) is 10.7. The zero-order valence-electron chi connectivity index (χ0n) is 10.7. The molecule has 0 fully saturated rings. The highest BCUT2D eigenvalue weighted by atomic mass is 16.5. The predicted octanol–water partition coefficient (Wildman–Crippen LogP) is 2.77. The SMILES string of the molecule is CC(OC=O)C(O)c1cnc2ccccc2c1N=[N+]=[N-]. The number of carbonyl (C=O) groups is 1. The fraction of sp³-hybridized carbons (Fsp3) is 0.231. The number of fused-ring (bicyclic) bond motifs is 1. The Kier molecular flexibility index (Phi) is 4.14. The van der Waals surface area contributed by atoms with Crippen molar-refractivity contribution < 1.29 is 14.6 Å². The molecule has 0 aliphatic carbocycles. The molecular formula is C13H12N4O3. The summed E-state index contributed by atoms with van der Waals surface area (Å²) in [5, 5.41) is 14.4. The van der Waals surface area contributed by atoms with Gasteiger partial charge >= 0.3 is 0 Å². The summed E-state index contributed by atoms with van der Waals surface area (Å²) in [6.07, 6.45) is -0.484. The molecular weight excluding hydrogens is 260 g/mol. The lowest BCUT2D eigenvalue weighted by molar-refractivity contribution is -0.138. The van der Waals surface area contributed by atoms with Crippen LogP contribution in [0.15, 0.2) is 35.6 Å². The number of benzene rings is 1. The van der Waals surface area contributed by atoms with Crippen molar-refractivity contribution in [2.24, 2.45) is 5.11 Å². The number of rotatable bonds is 5. The summed E-state index contributed by atoms with van der Waals surface area (Å²) in [6.45, 7) is 1.80. The summed E-state index contributed by atoms with van der Waals surface area (Å²) < 4.78 is 4.71. The standard InChI is InChI=1S/C13H12N4O3/c1-8(20-7-18)13(19)10-6-15-11-5-3-2-4-9(11)12(10)16-17-14/h2-8,13,19H,1H3. The van der Waals surface area contributed by atoms with Gasteiger partial charge in [-0.2, -0.15) is 0 Å². The molecule has 7 nitrogen and oxygen atoms in total. The van der Waals surface area contributed by atoms with Gasteiger partial charge < -0.3 is 9.84 Å². The average molecular weight is 272 g/mol. The predicted molar refractivity (Wildman–Crippen MR) is 72.1 cm³/mol. The van der Waals surface area contributed by atoms with Crippen LogP contribution in [-0.2, 0) is 9.53 Å². The number of hydrogen-bond donors (Lipinski definition) is 1. The number of para-hydroxylation sites is 1. The van der Waals surface area contributed by atoms with Crippen LogP contribution in [0, 0.1) is 0 Å². The second kappa shape index (κ2) is 6.01. The summed E-state index contributed by atoms with van der Waals surface area (Å²) in [4.78, 5) is 17.3. The summed E-state index contributed by atoms with van der Waals surface area (Å²) in [5.74, 6) is 0. The minimum atomic E-state index is -1.13. The number of nitrogens with zero attached hydrogens (tertiary/aromatic N) is 4. The summed E-state index contributed by atoms with van der Waals surface area (Å²) in [5.41, 5.74) is 9.94. The Balaban J connectivity index is 2.60. The topological polar surface area (TPSA) is 108 Å². The van der Waals surface area contributed by atoms with Gasteiger partial charge in [0.25, 0.3) is 6.47 Å². The highest BCUT2D eigenvalue weighted by Gasteiger charge is 2.22. The smallest absolute Gasteiger partial charge is 0.293 e. The van der Waals surface area contributed by atoms with Gasteiger partial charge in [-0.05, 0) is 18.5 Å². The van der Waals surface area contributed by atoms with Crippen molar-refractivity contribution in [1.82, 2.24) is 4.98 Å². The van der Waals surface area contributed by atoms with Gasteiger partial charge in [0.05, 0.1) is 11.2 Å². The molecule has 0 bridgehead atoms. The Morgan fingerprint density at radius 2 is 2.25 bits per heavy atom. The Morgan fingerprint density at radius 3 is 2.95 bits per heavy atom. The maximum absolute atomic E-state index is 10.3. The minimum absolute atomic E-state index is 0.260. The van der Waals surface area contributed by atoms with Crippen LogP contribution in [0.4, 0.5) is 5.69 Å². The van der Waals surface area contributed by atoms with E-state index < -0.39 is 12.2 Å². The zero-order chi connectivity index (χ0) is 14.5. The van der Waals surface area contributed by atoms with E-state index in [1.165, 1.54) is 13.1 Å². The molecule has 0 aliphatic heterocycles. The molecule has 2 rings (SSSR count). The molecule has 0 saturated carbocycles. The van der Waals surface area contributed by atoms with Gasteiger partial charge in [-0.1, -0.05) is 23.3 Å². The van der Waals surface area contributed by atoms with Crippen molar-refractivity contribution in [2.75, 3.05) is 0 Å². The quantitative estimate of drug-likeness (QED) is 0.390. The van der Waals surface area contributed by atoms with E-state index in [9.17, 15) is 9.90 Å². The van der Waals surface area contributed by atoms with Crippen molar-refractivity contribution in [3.05, 3.63) is 46.5 Å². The molecule has 2 aromatic rings. The van der Waals surface area contributed by atoms with Crippen LogP contribution >= 0.6 is 0 Å². The van der Waals surface area contributed by atoms with Crippen LogP contribution in [0.5, 0.6) is 0 Å². The number of azide groups is 1. The monoisotopic (exact) mass is 272 g/mol. The van der Waals surface area contributed by atoms with E-state index in [1.54, 1.807) is 18.2 Å². The molecule has 1 heterocycles. The number of pyridine rings is 1. The fourth-order valence-corrected chi connectivity index (χ4v) is 1.93. The van der Waals surface area contributed by atoms with E-state index in [1.807, 2.05) is 6.07 Å². The van der Waals surface area contributed by atoms with Gasteiger partial charge in [-0.15, -0.1) is 0 Å². The number of aliphatic hydroxyl groups is 1. The van der Waals surface area contributed by atoms with Crippen LogP contribution in [0.2, 0.25) is 0 Å². The molecule has 2 atom stereocenters. The second-order valence-corrected chi connectivity index (χ2v) is 4.15. The highest BCUT2D eigenvalue weighted by molar-refractivity contribution is 5.91. The number of aromatic nitrogens is 1. The van der Waals surface area contributed by atoms with Gasteiger partial charge in [0, 0.05) is 22.1 Å². The van der Waals surface area contributed by atoms with Crippen molar-refractivity contribution in [1.29, 1.82) is 0 Å². The van der Waals surface area contributed by atoms with Crippen LogP contribution in [-0.4, -0.2) is 22.7 Å². The lowest BCUT2D eigenvalue weighted by Gasteiger charge is -2.19. The lowest BCUT2D eigenvalue weighted by Crippen LogP contribution is -2.18. The maximum atomic E-state index is 10.3. The summed E-state index contributed by atoms with van der Waals surface area (Å²) in [6, 6.07) is 7.10. The molecule has 7 heteroatoms. The summed E-state index contributed by atoms with van der Waals surface area (Å²) in [7, 11) is 0. The first-order chi connectivity index (χ1) is 9.69. The van der Waals surface area contributed by atoms with E-state index in [-0.39, 0.29) is 12.2 Å². The average Bonchev–Trinajstić information content (AvgIpc) is 2.47. The highest BCUT2D eigenvalue weighted by Crippen LogP contribution is 2.34. The molecule has 0 aliphatic rings. The molecule has 1 N–H and O–H groups in total. The normalized spacial score (nSPS) is 13.3. The van der Waals surface area contributed by atoms with Crippen LogP contribution in [0.3, 0.4) is 0 Å². The molecule has 102 valence electrons. The van der Waals surface area contributed by atoms with Crippen LogP contribution in [0.25, 0.3) is 21.3 Å². The van der Waals surface area contributed by atoms with Gasteiger partial charge in [0.2, 0.25) is 0 Å². The molecule has 0 saturated heterocycles. The van der Waals surface area contributed by atoms with Crippen molar-refractivity contribution in [2.45, 2.75) is 19.1 Å². The number of carbonyl (C=O) groups excluding carboxylic acids is 1. The van der Waals surface area contributed by atoms with Gasteiger partial charge in [-0.25, -0.2) is 0 Å². The van der Waals surface area contributed by atoms with Crippen LogP contribution in [0.1, 0.15) is 18.6 Å². The lowest BCUT2D eigenvalue weighted by atomic mass is 10.0. The van der Waals surface area contributed by atoms with Gasteiger partial charge in [-0.3, -0.25) is 9.78 Å². The largest absolute Gasteiger partial charge is 0.462 e. The molecule has 0 radical (unpaired) electrons. The van der Waals surface area contributed by atoms with Gasteiger partial charge in [0.15, 0.2) is 0 Å². The number of hydrogen-bond acceptors (Lipinski definition) is 5. The van der Waals surface area contributed by atoms with Crippen molar-refractivity contribution in [3.63, 3.8) is 0 Å². The third-order valence-corrected chi connectivity index (χ3v) is 2.95. The second-order valence-electron chi connectivity index (χ2n) is 4.15. The third-order valence-electron chi connectivity index (χ3n) is 2.95. The first-order valence-electron chi connectivity index (χ1n) is 5.89. The number of aliphatic hydroxyl groups excluding tert-OH is 1. The van der Waals surface area contributed by atoms with E-state index >= 15 is 0 Å². The number of ether oxygens (including phenoxy) is 1. The van der Waals surface area contributed by atoms with Gasteiger partial charge in [0.1, 0.15) is 12.2 Å². The molecule has 2 unspecified atom stereocenters. The Bertz CT molecular complexity index is 682. The fourth-order valence-electron chi connectivity index (χ4n) is 1.93. The molecule has 0 amide bonds. The van der Waals surface area contributed by atoms with Crippen LogP contribution < -0.4 is 0 Å². The van der Waals surface area contributed by atoms with E-state index in [0.29, 0.717) is 16.5 Å². The van der Waals surface area contributed by atoms with Crippen molar-refractivity contribution >= 4 is 23.1 Å². The Hall–Kier alpha value is -2.63. The first-order valence-corrected chi connectivity index (χ1v) is 5.89.